The number of rotatable bonds is 6. The van der Waals surface area contributed by atoms with Gasteiger partial charge in [-0.2, -0.15) is 0 Å². The average Bonchev–Trinajstić information content (AvgIpc) is 2.28. The largest absolute Gasteiger partial charge is 0.300 e. The predicted octanol–water partition coefficient (Wildman–Crippen LogP) is 4.56. The minimum absolute atomic E-state index is 0.382. The second-order valence-corrected chi connectivity index (χ2v) is 4.96. The number of Topliss-reactive ketones (excluding diaryl/α,β-unsaturated/α-hetero) is 1. The summed E-state index contributed by atoms with van der Waals surface area (Å²) in [4.78, 5) is 11.4. The van der Waals surface area contributed by atoms with E-state index in [0.29, 0.717) is 18.1 Å². The Labute approximate surface area is 105 Å². The van der Waals surface area contributed by atoms with Crippen LogP contribution in [0.3, 0.4) is 0 Å². The van der Waals surface area contributed by atoms with Gasteiger partial charge in [-0.3, -0.25) is 4.79 Å². The van der Waals surface area contributed by atoms with Crippen LogP contribution in [-0.2, 0) is 4.79 Å². The number of aryl methyl sites for hydroxylation is 2. The molecule has 0 radical (unpaired) electrons. The van der Waals surface area contributed by atoms with Gasteiger partial charge in [0.25, 0.3) is 0 Å². The molecule has 94 valence electrons. The Balaban J connectivity index is 2.75. The second kappa shape index (κ2) is 6.58. The van der Waals surface area contributed by atoms with Crippen LogP contribution >= 0.6 is 0 Å². The van der Waals surface area contributed by atoms with Crippen LogP contribution in [0, 0.1) is 13.8 Å². The molecule has 1 aromatic carbocycles. The molecule has 1 heteroatoms. The summed E-state index contributed by atoms with van der Waals surface area (Å²) >= 11 is 0. The summed E-state index contributed by atoms with van der Waals surface area (Å²) < 4.78 is 0. The summed E-state index contributed by atoms with van der Waals surface area (Å²) in [5.74, 6) is 0.914. The Kier molecular flexibility index (Phi) is 5.40. The molecule has 1 unspecified atom stereocenters. The standard InChI is InChI=1S/C16H24O/c1-5-14(7-8-16(17)6-2)15-10-12(3)9-13(4)11-15/h9-11,14H,5-8H2,1-4H3. The minimum atomic E-state index is 0.382. The van der Waals surface area contributed by atoms with Gasteiger partial charge in [0, 0.05) is 12.8 Å². The highest BCUT2D eigenvalue weighted by molar-refractivity contribution is 5.78. The molecule has 0 aliphatic carbocycles. The van der Waals surface area contributed by atoms with Crippen LogP contribution in [0.4, 0.5) is 0 Å². The Bertz CT molecular complexity index is 359. The Morgan fingerprint density at radius 3 is 2.18 bits per heavy atom. The molecule has 0 bridgehead atoms. The van der Waals surface area contributed by atoms with Crippen molar-refractivity contribution < 1.29 is 4.79 Å². The van der Waals surface area contributed by atoms with Gasteiger partial charge in [-0.25, -0.2) is 0 Å². The summed E-state index contributed by atoms with van der Waals surface area (Å²) in [5.41, 5.74) is 4.04. The molecule has 0 heterocycles. The number of hydrogen-bond acceptors (Lipinski definition) is 1. The van der Waals surface area contributed by atoms with Crippen molar-refractivity contribution >= 4 is 5.78 Å². The van der Waals surface area contributed by atoms with Crippen LogP contribution in [-0.4, -0.2) is 5.78 Å². The van der Waals surface area contributed by atoms with Crippen LogP contribution in [0.2, 0.25) is 0 Å². The maximum atomic E-state index is 11.4. The molecule has 0 aliphatic rings. The molecule has 0 aromatic heterocycles. The fourth-order valence-corrected chi connectivity index (χ4v) is 2.36. The topological polar surface area (TPSA) is 17.1 Å². The van der Waals surface area contributed by atoms with Gasteiger partial charge in [-0.1, -0.05) is 43.2 Å². The van der Waals surface area contributed by atoms with Crippen molar-refractivity contribution in [2.75, 3.05) is 0 Å². The quantitative estimate of drug-likeness (QED) is 0.703. The molecule has 1 aromatic rings. The van der Waals surface area contributed by atoms with Crippen LogP contribution in [0.1, 0.15) is 62.1 Å². The number of carbonyl (C=O) groups is 1. The van der Waals surface area contributed by atoms with E-state index in [2.05, 4.69) is 39.0 Å². The number of benzene rings is 1. The molecular weight excluding hydrogens is 208 g/mol. The van der Waals surface area contributed by atoms with E-state index in [1.807, 2.05) is 6.92 Å². The highest BCUT2D eigenvalue weighted by atomic mass is 16.1. The average molecular weight is 232 g/mol. The lowest BCUT2D eigenvalue weighted by Gasteiger charge is -2.16. The molecule has 0 aliphatic heterocycles. The zero-order valence-corrected chi connectivity index (χ0v) is 11.5. The Hall–Kier alpha value is -1.11. The summed E-state index contributed by atoms with van der Waals surface area (Å²) in [7, 11) is 0. The lowest BCUT2D eigenvalue weighted by Crippen LogP contribution is -2.03. The van der Waals surface area contributed by atoms with E-state index in [1.165, 1.54) is 16.7 Å². The summed E-state index contributed by atoms with van der Waals surface area (Å²) in [6, 6.07) is 6.72. The van der Waals surface area contributed by atoms with Gasteiger partial charge in [0.2, 0.25) is 0 Å². The Morgan fingerprint density at radius 1 is 1.12 bits per heavy atom. The van der Waals surface area contributed by atoms with Gasteiger partial charge < -0.3 is 0 Å². The number of carbonyl (C=O) groups excluding carboxylic acids is 1. The monoisotopic (exact) mass is 232 g/mol. The minimum Gasteiger partial charge on any atom is -0.300 e. The summed E-state index contributed by atoms with van der Waals surface area (Å²) in [5, 5.41) is 0. The summed E-state index contributed by atoms with van der Waals surface area (Å²) in [6.07, 6.45) is 3.50. The van der Waals surface area contributed by atoms with Gasteiger partial charge in [-0.05, 0) is 38.2 Å². The first-order valence-electron chi connectivity index (χ1n) is 6.66. The van der Waals surface area contributed by atoms with Gasteiger partial charge in [0.1, 0.15) is 5.78 Å². The number of hydrogen-bond donors (Lipinski definition) is 0. The van der Waals surface area contributed by atoms with E-state index in [1.54, 1.807) is 0 Å². The van der Waals surface area contributed by atoms with E-state index in [0.717, 1.165) is 19.3 Å². The molecule has 0 amide bonds. The first kappa shape index (κ1) is 14.0. The lowest BCUT2D eigenvalue weighted by atomic mass is 9.89. The first-order valence-corrected chi connectivity index (χ1v) is 6.66. The lowest BCUT2D eigenvalue weighted by molar-refractivity contribution is -0.118. The van der Waals surface area contributed by atoms with E-state index in [-0.39, 0.29) is 0 Å². The molecule has 0 saturated carbocycles. The van der Waals surface area contributed by atoms with Crippen molar-refractivity contribution in [3.05, 3.63) is 34.9 Å². The summed E-state index contributed by atoms with van der Waals surface area (Å²) in [6.45, 7) is 8.43. The van der Waals surface area contributed by atoms with Gasteiger partial charge in [0.05, 0.1) is 0 Å². The van der Waals surface area contributed by atoms with Crippen molar-refractivity contribution in [3.8, 4) is 0 Å². The van der Waals surface area contributed by atoms with Crippen LogP contribution in [0.5, 0.6) is 0 Å². The molecule has 1 rings (SSSR count). The van der Waals surface area contributed by atoms with Crippen molar-refractivity contribution in [1.29, 1.82) is 0 Å². The fraction of sp³-hybridized carbons (Fsp3) is 0.562. The first-order chi connectivity index (χ1) is 8.06. The van der Waals surface area contributed by atoms with E-state index in [4.69, 9.17) is 0 Å². The van der Waals surface area contributed by atoms with E-state index >= 15 is 0 Å². The van der Waals surface area contributed by atoms with E-state index in [9.17, 15) is 4.79 Å². The third-order valence-electron chi connectivity index (χ3n) is 3.37. The third-order valence-corrected chi connectivity index (χ3v) is 3.37. The smallest absolute Gasteiger partial charge is 0.132 e. The maximum absolute atomic E-state index is 11.4. The number of ketones is 1. The van der Waals surface area contributed by atoms with Gasteiger partial charge in [0.15, 0.2) is 0 Å². The van der Waals surface area contributed by atoms with Crippen molar-refractivity contribution in [2.24, 2.45) is 0 Å². The van der Waals surface area contributed by atoms with E-state index < -0.39 is 0 Å². The highest BCUT2D eigenvalue weighted by Crippen LogP contribution is 2.26. The molecule has 1 atom stereocenters. The van der Waals surface area contributed by atoms with Crippen molar-refractivity contribution in [2.45, 2.75) is 59.3 Å². The van der Waals surface area contributed by atoms with Crippen LogP contribution in [0.25, 0.3) is 0 Å². The maximum Gasteiger partial charge on any atom is 0.132 e. The van der Waals surface area contributed by atoms with Crippen LogP contribution < -0.4 is 0 Å². The zero-order chi connectivity index (χ0) is 12.8. The highest BCUT2D eigenvalue weighted by Gasteiger charge is 2.11. The van der Waals surface area contributed by atoms with Gasteiger partial charge in [-0.15, -0.1) is 0 Å². The zero-order valence-electron chi connectivity index (χ0n) is 11.5. The molecule has 17 heavy (non-hydrogen) atoms. The molecule has 0 fully saturated rings. The fourth-order valence-electron chi connectivity index (χ4n) is 2.36. The molecule has 1 nitrogen and oxygen atoms in total. The third kappa shape index (κ3) is 4.33. The molecule has 0 N–H and O–H groups in total. The van der Waals surface area contributed by atoms with Crippen molar-refractivity contribution in [1.82, 2.24) is 0 Å². The molecule has 0 spiro atoms. The molecule has 0 saturated heterocycles. The second-order valence-electron chi connectivity index (χ2n) is 4.96. The predicted molar refractivity (Wildman–Crippen MR) is 73.5 cm³/mol. The van der Waals surface area contributed by atoms with Crippen LogP contribution in [0.15, 0.2) is 18.2 Å². The van der Waals surface area contributed by atoms with Crippen molar-refractivity contribution in [3.63, 3.8) is 0 Å². The Morgan fingerprint density at radius 2 is 1.71 bits per heavy atom. The molecular formula is C16H24O. The SMILES string of the molecule is CCC(=O)CCC(CC)c1cc(C)cc(C)c1. The normalized spacial score (nSPS) is 12.5. The van der Waals surface area contributed by atoms with Gasteiger partial charge >= 0.3 is 0 Å².